The van der Waals surface area contributed by atoms with E-state index < -0.39 is 9.96 Å². The predicted molar refractivity (Wildman–Crippen MR) is 126 cm³/mol. The molecule has 2 aliphatic heterocycles. The molecule has 0 radical (unpaired) electrons. The van der Waals surface area contributed by atoms with Gasteiger partial charge in [0.05, 0.1) is 5.92 Å². The summed E-state index contributed by atoms with van der Waals surface area (Å²) in [5, 5.41) is 2.98. The number of hydrogen-bond acceptors (Lipinski definition) is 3. The number of carbonyl (C=O) groups is 1. The molecule has 1 aromatic rings. The normalized spacial score (nSPS) is 30.2. The third-order valence-corrected chi connectivity index (χ3v) is 7.83. The van der Waals surface area contributed by atoms with E-state index in [4.69, 9.17) is 58.0 Å². The first-order valence-electron chi connectivity index (χ1n) is 10.2. The van der Waals surface area contributed by atoms with Crippen LogP contribution in [0.3, 0.4) is 0 Å². The van der Waals surface area contributed by atoms with Crippen LogP contribution in [-0.4, -0.2) is 38.4 Å². The number of hydrogen-bond donors (Lipinski definition) is 1. The fourth-order valence-corrected chi connectivity index (χ4v) is 6.22. The van der Waals surface area contributed by atoms with Gasteiger partial charge in [0.15, 0.2) is 0 Å². The Balaban J connectivity index is 1.54. The summed E-state index contributed by atoms with van der Waals surface area (Å²) in [4.78, 5) is 27.4. The molecule has 1 aliphatic carbocycles. The Morgan fingerprint density at radius 1 is 1.23 bits per heavy atom. The van der Waals surface area contributed by atoms with Gasteiger partial charge in [-0.05, 0) is 35.8 Å². The van der Waals surface area contributed by atoms with Gasteiger partial charge >= 0.3 is 0 Å². The molecule has 31 heavy (non-hydrogen) atoms. The van der Waals surface area contributed by atoms with Crippen LogP contribution < -0.4 is 10.9 Å². The Bertz CT molecular complexity index is 966. The number of halogens is 5. The van der Waals surface area contributed by atoms with Crippen molar-refractivity contribution < 1.29 is 4.79 Å². The van der Waals surface area contributed by atoms with Crippen molar-refractivity contribution in [3.8, 4) is 0 Å². The Morgan fingerprint density at radius 2 is 1.94 bits per heavy atom. The molecule has 2 fully saturated rings. The summed E-state index contributed by atoms with van der Waals surface area (Å²) in [6.07, 6.45) is 1.87. The van der Waals surface area contributed by atoms with Crippen molar-refractivity contribution in [2.75, 3.05) is 13.1 Å². The van der Waals surface area contributed by atoms with E-state index in [0.717, 1.165) is 12.1 Å². The van der Waals surface area contributed by atoms with Gasteiger partial charge in [-0.2, -0.15) is 0 Å². The molecule has 1 amide bonds. The van der Waals surface area contributed by atoms with Crippen molar-refractivity contribution >= 4 is 63.9 Å². The molecule has 3 heterocycles. The maximum absolute atomic E-state index is 13.1. The Morgan fingerprint density at radius 3 is 2.58 bits per heavy atom. The van der Waals surface area contributed by atoms with E-state index in [0.29, 0.717) is 19.6 Å². The number of pyridine rings is 1. The number of allylic oxidation sites excluding steroid dienone is 1. The van der Waals surface area contributed by atoms with Gasteiger partial charge in [-0.1, -0.05) is 77.9 Å². The van der Waals surface area contributed by atoms with E-state index in [9.17, 15) is 9.59 Å². The first-order valence-corrected chi connectivity index (χ1v) is 12.1. The number of fused-ring (bicyclic) bond motifs is 4. The summed E-state index contributed by atoms with van der Waals surface area (Å²) >= 11 is 30.7. The van der Waals surface area contributed by atoms with Gasteiger partial charge in [-0.25, -0.2) is 0 Å². The highest BCUT2D eigenvalue weighted by Crippen LogP contribution is 2.60. The van der Waals surface area contributed by atoms with Crippen molar-refractivity contribution in [3.63, 3.8) is 0 Å². The molecule has 1 saturated heterocycles. The molecule has 1 saturated carbocycles. The molecule has 3 aliphatic rings. The minimum atomic E-state index is -1.72. The van der Waals surface area contributed by atoms with Crippen LogP contribution in [0.4, 0.5) is 0 Å². The second-order valence-electron chi connectivity index (χ2n) is 9.39. The summed E-state index contributed by atoms with van der Waals surface area (Å²) in [5.74, 6) is -0.201. The Hall–Kier alpha value is -0.430. The number of piperidine rings is 1. The van der Waals surface area contributed by atoms with E-state index in [1.807, 2.05) is 29.4 Å². The highest BCUT2D eigenvalue weighted by molar-refractivity contribution is 6.68. The molecule has 2 bridgehead atoms. The predicted octanol–water partition coefficient (Wildman–Crippen LogP) is 4.67. The summed E-state index contributed by atoms with van der Waals surface area (Å²) in [5.41, 5.74) is 0.725. The third-order valence-electron chi connectivity index (χ3n) is 6.96. The number of alkyl halides is 3. The number of carbonyl (C=O) groups excluding carboxylic acids is 1. The second kappa shape index (κ2) is 8.41. The molecule has 170 valence electrons. The topological polar surface area (TPSA) is 54.3 Å². The molecule has 1 N–H and O–H groups in total. The third kappa shape index (κ3) is 4.64. The van der Waals surface area contributed by atoms with Crippen molar-refractivity contribution in [1.29, 1.82) is 0 Å². The largest absolute Gasteiger partial charge is 0.336 e. The number of nitrogens with zero attached hydrogens (tertiary/aromatic N) is 2. The van der Waals surface area contributed by atoms with Crippen molar-refractivity contribution in [2.24, 2.45) is 23.2 Å². The van der Waals surface area contributed by atoms with Crippen molar-refractivity contribution in [2.45, 2.75) is 42.7 Å². The highest BCUT2D eigenvalue weighted by atomic mass is 35.6. The summed E-state index contributed by atoms with van der Waals surface area (Å²) in [6, 6.07) is 5.35. The van der Waals surface area contributed by atoms with Gasteiger partial charge in [0, 0.05) is 37.3 Å². The van der Waals surface area contributed by atoms with Gasteiger partial charge in [0.2, 0.25) is 9.70 Å². The van der Waals surface area contributed by atoms with Gasteiger partial charge in [0.1, 0.15) is 10.7 Å². The molecular weight excluding hydrogens is 504 g/mol. The molecule has 0 unspecified atom stereocenters. The van der Waals surface area contributed by atoms with Gasteiger partial charge in [-0.15, -0.1) is 0 Å². The average Bonchev–Trinajstić information content (AvgIpc) is 3.18. The quantitative estimate of drug-likeness (QED) is 0.579. The first kappa shape index (κ1) is 23.7. The zero-order valence-electron chi connectivity index (χ0n) is 17.1. The summed E-state index contributed by atoms with van der Waals surface area (Å²) in [7, 11) is 0. The van der Waals surface area contributed by atoms with E-state index in [1.54, 1.807) is 18.2 Å². The molecule has 5 nitrogen and oxygen atoms in total. The van der Waals surface area contributed by atoms with Crippen LogP contribution in [-0.2, 0) is 11.3 Å². The minimum Gasteiger partial charge on any atom is -0.336 e. The van der Waals surface area contributed by atoms with Crippen molar-refractivity contribution in [1.82, 2.24) is 14.8 Å². The van der Waals surface area contributed by atoms with E-state index in [-0.39, 0.29) is 45.0 Å². The molecule has 5 atom stereocenters. The van der Waals surface area contributed by atoms with Crippen molar-refractivity contribution in [3.05, 3.63) is 44.8 Å². The van der Waals surface area contributed by atoms with Crippen LogP contribution >= 0.6 is 58.0 Å². The Labute approximate surface area is 206 Å². The van der Waals surface area contributed by atoms with E-state index in [2.05, 4.69) is 5.32 Å². The van der Waals surface area contributed by atoms with Gasteiger partial charge < -0.3 is 9.88 Å². The first-order chi connectivity index (χ1) is 14.4. The minimum absolute atomic E-state index is 0.0138. The zero-order valence-corrected chi connectivity index (χ0v) is 20.9. The molecule has 0 aromatic carbocycles. The number of aromatic nitrogens is 1. The number of rotatable bonds is 4. The number of likely N-dealkylation sites (tertiary alicyclic amines) is 1. The molecule has 10 heteroatoms. The second-order valence-corrected chi connectivity index (χ2v) is 12.8. The van der Waals surface area contributed by atoms with Crippen LogP contribution in [0.15, 0.2) is 33.6 Å². The van der Waals surface area contributed by atoms with Crippen LogP contribution in [0.2, 0.25) is 0 Å². The lowest BCUT2D eigenvalue weighted by Gasteiger charge is -2.47. The zero-order chi connectivity index (χ0) is 22.7. The highest BCUT2D eigenvalue weighted by Gasteiger charge is 2.61. The van der Waals surface area contributed by atoms with E-state index >= 15 is 0 Å². The SMILES string of the molecule is CC1(C)[C@H](C(=O)N[C@H](N2C[C@@H]3C[C@@H](C2)c2cccc(=O)n2C3)C(Cl)(Cl)Cl)[C@@H]1C=C(Cl)Cl. The monoisotopic (exact) mass is 525 g/mol. The number of nitrogens with one attached hydrogen (secondary N) is 1. The maximum Gasteiger partial charge on any atom is 0.250 e. The number of amides is 1. The lowest BCUT2D eigenvalue weighted by molar-refractivity contribution is -0.125. The van der Waals surface area contributed by atoms with Crippen LogP contribution in [0, 0.1) is 23.2 Å². The average molecular weight is 528 g/mol. The lowest BCUT2D eigenvalue weighted by Crippen LogP contribution is -2.60. The standard InChI is InChI=1S/C21H24Cl5N3O2/c1-20(2)13(7-15(22)23)17(20)18(31)27-19(21(24,25)26)28-8-11-6-12(10-28)14-4-3-5-16(30)29(14)9-11/h3-5,7,11-13,17,19H,6,8-10H2,1-2H3,(H,27,31)/t11-,12-,13-,17-,19+/m0/s1. The van der Waals surface area contributed by atoms with Crippen LogP contribution in [0.5, 0.6) is 0 Å². The Kier molecular flexibility index (Phi) is 6.44. The van der Waals surface area contributed by atoms with Crippen LogP contribution in [0.1, 0.15) is 31.9 Å². The summed E-state index contributed by atoms with van der Waals surface area (Å²) in [6.45, 7) is 5.81. The lowest BCUT2D eigenvalue weighted by atomic mass is 9.83. The van der Waals surface area contributed by atoms with Crippen LogP contribution in [0.25, 0.3) is 0 Å². The molecule has 0 spiro atoms. The van der Waals surface area contributed by atoms with E-state index in [1.165, 1.54) is 0 Å². The fourth-order valence-electron chi connectivity index (χ4n) is 5.37. The van der Waals surface area contributed by atoms with Gasteiger partial charge in [0.25, 0.3) is 5.56 Å². The maximum atomic E-state index is 13.1. The van der Waals surface area contributed by atoms with Gasteiger partial charge in [-0.3, -0.25) is 14.5 Å². The fraction of sp³-hybridized carbons (Fsp3) is 0.619. The molecule has 4 rings (SSSR count). The summed E-state index contributed by atoms with van der Waals surface area (Å²) < 4.78 is 0.272. The molecular formula is C21H24Cl5N3O2. The molecule has 1 aromatic heterocycles. The smallest absolute Gasteiger partial charge is 0.250 e.